The van der Waals surface area contributed by atoms with E-state index in [4.69, 9.17) is 16.3 Å². The number of nitrogens with zero attached hydrogens (tertiary/aromatic N) is 1. The molecule has 0 amide bonds. The molecule has 2 nitrogen and oxygen atoms in total. The summed E-state index contributed by atoms with van der Waals surface area (Å²) in [5.74, 6) is 1.41. The molecule has 0 aliphatic heterocycles. The van der Waals surface area contributed by atoms with Crippen LogP contribution in [-0.2, 0) is 12.3 Å². The lowest BCUT2D eigenvalue weighted by Gasteiger charge is -2.08. The highest BCUT2D eigenvalue weighted by Crippen LogP contribution is 2.26. The first kappa shape index (κ1) is 15.8. The minimum atomic E-state index is 0.501. The number of aryl methyl sites for hydroxylation is 2. The van der Waals surface area contributed by atoms with E-state index in [1.165, 1.54) is 5.56 Å². The van der Waals surface area contributed by atoms with Gasteiger partial charge in [0.15, 0.2) is 0 Å². The molecule has 0 saturated heterocycles. The molecule has 1 aromatic carbocycles. The maximum absolute atomic E-state index is 5.77. The van der Waals surface area contributed by atoms with Gasteiger partial charge < -0.3 is 4.74 Å². The zero-order valence-electron chi connectivity index (χ0n) is 11.4. The molecule has 1 heterocycles. The topological polar surface area (TPSA) is 22.1 Å². The predicted molar refractivity (Wildman–Crippen MR) is 89.0 cm³/mol. The maximum atomic E-state index is 5.77. The number of hydrogen-bond acceptors (Lipinski definition) is 3. The average Bonchev–Trinajstić information content (AvgIpc) is 2.88. The number of unbranched alkanes of at least 4 members (excludes halogenated alkanes) is 1. The van der Waals surface area contributed by atoms with Crippen LogP contribution in [0.4, 0.5) is 0 Å². The Morgan fingerprint density at radius 1 is 1.35 bits per heavy atom. The molecule has 108 valence electrons. The van der Waals surface area contributed by atoms with Gasteiger partial charge in [-0.25, -0.2) is 4.98 Å². The summed E-state index contributed by atoms with van der Waals surface area (Å²) in [6.07, 6.45) is 3.11. The maximum Gasteiger partial charge on any atom is 0.133 e. The van der Waals surface area contributed by atoms with Crippen LogP contribution in [0.5, 0.6) is 5.75 Å². The summed E-state index contributed by atoms with van der Waals surface area (Å²) >= 11 is 10.9. The van der Waals surface area contributed by atoms with Crippen LogP contribution in [0.2, 0.25) is 0 Å². The van der Waals surface area contributed by atoms with Crippen molar-refractivity contribution in [2.24, 2.45) is 0 Å². The molecule has 2 aromatic rings. The summed E-state index contributed by atoms with van der Waals surface area (Å²) in [6, 6.07) is 6.13. The van der Waals surface area contributed by atoms with Crippen molar-refractivity contribution in [3.8, 4) is 5.75 Å². The quantitative estimate of drug-likeness (QED) is 0.481. The van der Waals surface area contributed by atoms with Crippen molar-refractivity contribution in [2.45, 2.75) is 32.1 Å². The molecule has 0 N–H and O–H groups in total. The Balaban J connectivity index is 1.68. The molecule has 0 fully saturated rings. The number of halogens is 2. The van der Waals surface area contributed by atoms with Crippen molar-refractivity contribution in [1.82, 2.24) is 4.98 Å². The second kappa shape index (κ2) is 8.01. The fourth-order valence-electron chi connectivity index (χ4n) is 1.81. The van der Waals surface area contributed by atoms with Gasteiger partial charge in [-0.2, -0.15) is 0 Å². The van der Waals surface area contributed by atoms with Crippen LogP contribution in [0, 0.1) is 6.92 Å². The van der Waals surface area contributed by atoms with Crippen LogP contribution in [0.1, 0.15) is 29.1 Å². The molecule has 0 unspecified atom stereocenters. The Bertz CT molecular complexity index is 559. The fraction of sp³-hybridized carbons (Fsp3) is 0.400. The van der Waals surface area contributed by atoms with Gasteiger partial charge in [-0.05, 0) is 59.8 Å². The standard InChI is InChI=1S/C15H17BrClNOS/c1-11-5-6-14(13(16)8-11)19-7-3-2-4-15-18-12(9-17)10-20-15/h5-6,8,10H,2-4,7,9H2,1H3. The largest absolute Gasteiger partial charge is 0.492 e. The molecule has 0 radical (unpaired) electrons. The van der Waals surface area contributed by atoms with Gasteiger partial charge in [0, 0.05) is 5.38 Å². The second-order valence-corrected chi connectivity index (χ2v) is 6.67. The van der Waals surface area contributed by atoms with Gasteiger partial charge in [0.2, 0.25) is 0 Å². The van der Waals surface area contributed by atoms with E-state index in [2.05, 4.69) is 40.0 Å². The van der Waals surface area contributed by atoms with Gasteiger partial charge in [-0.15, -0.1) is 22.9 Å². The lowest BCUT2D eigenvalue weighted by Crippen LogP contribution is -1.99. The monoisotopic (exact) mass is 373 g/mol. The van der Waals surface area contributed by atoms with Crippen LogP contribution in [0.25, 0.3) is 0 Å². The zero-order valence-corrected chi connectivity index (χ0v) is 14.5. The van der Waals surface area contributed by atoms with Crippen molar-refractivity contribution in [3.63, 3.8) is 0 Å². The SMILES string of the molecule is Cc1ccc(OCCCCc2nc(CCl)cs2)c(Br)c1. The van der Waals surface area contributed by atoms with Gasteiger partial charge in [0.1, 0.15) is 5.75 Å². The highest BCUT2D eigenvalue weighted by atomic mass is 79.9. The molecule has 1 aromatic heterocycles. The Labute approximate surface area is 137 Å². The molecule has 0 aliphatic rings. The highest BCUT2D eigenvalue weighted by Gasteiger charge is 2.03. The molecule has 0 saturated carbocycles. The van der Waals surface area contributed by atoms with Gasteiger partial charge in [-0.1, -0.05) is 6.07 Å². The first-order valence-electron chi connectivity index (χ1n) is 6.57. The number of alkyl halides is 1. The van der Waals surface area contributed by atoms with E-state index in [1.807, 2.05) is 11.4 Å². The van der Waals surface area contributed by atoms with Crippen LogP contribution in [0.3, 0.4) is 0 Å². The van der Waals surface area contributed by atoms with Crippen LogP contribution >= 0.6 is 38.9 Å². The lowest BCUT2D eigenvalue weighted by molar-refractivity contribution is 0.305. The van der Waals surface area contributed by atoms with E-state index in [-0.39, 0.29) is 0 Å². The number of rotatable bonds is 7. The molecule has 0 aliphatic carbocycles. The highest BCUT2D eigenvalue weighted by molar-refractivity contribution is 9.10. The summed E-state index contributed by atoms with van der Waals surface area (Å²) < 4.78 is 6.79. The number of aromatic nitrogens is 1. The zero-order chi connectivity index (χ0) is 14.4. The first-order chi connectivity index (χ1) is 9.69. The van der Waals surface area contributed by atoms with E-state index >= 15 is 0 Å². The molecule has 5 heteroatoms. The van der Waals surface area contributed by atoms with Gasteiger partial charge in [0.25, 0.3) is 0 Å². The van der Waals surface area contributed by atoms with Crippen LogP contribution in [0.15, 0.2) is 28.1 Å². The van der Waals surface area contributed by atoms with E-state index in [0.717, 1.165) is 46.8 Å². The number of ether oxygens (including phenoxy) is 1. The van der Waals surface area contributed by atoms with Crippen molar-refractivity contribution < 1.29 is 4.74 Å². The molecule has 20 heavy (non-hydrogen) atoms. The summed E-state index contributed by atoms with van der Waals surface area (Å²) in [7, 11) is 0. The minimum absolute atomic E-state index is 0.501. The Morgan fingerprint density at radius 3 is 2.90 bits per heavy atom. The molecule has 0 bridgehead atoms. The average molecular weight is 375 g/mol. The van der Waals surface area contributed by atoms with Crippen molar-refractivity contribution in [1.29, 1.82) is 0 Å². The summed E-state index contributed by atoms with van der Waals surface area (Å²) in [5, 5.41) is 3.19. The predicted octanol–water partition coefficient (Wildman–Crippen LogP) is 5.35. The summed E-state index contributed by atoms with van der Waals surface area (Å²) in [6.45, 7) is 2.80. The molecular weight excluding hydrogens is 358 g/mol. The van der Waals surface area contributed by atoms with Gasteiger partial charge >= 0.3 is 0 Å². The number of thiazole rings is 1. The van der Waals surface area contributed by atoms with Crippen LogP contribution < -0.4 is 4.74 Å². The molecule has 2 rings (SSSR count). The Hall–Kier alpha value is -0.580. The minimum Gasteiger partial charge on any atom is -0.492 e. The Morgan fingerprint density at radius 2 is 2.20 bits per heavy atom. The first-order valence-corrected chi connectivity index (χ1v) is 8.78. The van der Waals surface area contributed by atoms with Crippen molar-refractivity contribution >= 4 is 38.9 Å². The number of hydrogen-bond donors (Lipinski definition) is 0. The van der Waals surface area contributed by atoms with E-state index in [0.29, 0.717) is 5.88 Å². The van der Waals surface area contributed by atoms with Crippen LogP contribution in [-0.4, -0.2) is 11.6 Å². The van der Waals surface area contributed by atoms with Crippen molar-refractivity contribution in [2.75, 3.05) is 6.61 Å². The van der Waals surface area contributed by atoms with E-state index in [9.17, 15) is 0 Å². The summed E-state index contributed by atoms with van der Waals surface area (Å²) in [4.78, 5) is 4.45. The smallest absolute Gasteiger partial charge is 0.133 e. The van der Waals surface area contributed by atoms with Crippen molar-refractivity contribution in [3.05, 3.63) is 44.3 Å². The molecular formula is C15H17BrClNOS. The third-order valence-electron chi connectivity index (χ3n) is 2.87. The fourth-order valence-corrected chi connectivity index (χ4v) is 3.48. The third kappa shape index (κ3) is 4.76. The van der Waals surface area contributed by atoms with E-state index in [1.54, 1.807) is 11.3 Å². The normalized spacial score (nSPS) is 10.8. The van der Waals surface area contributed by atoms with E-state index < -0.39 is 0 Å². The van der Waals surface area contributed by atoms with Gasteiger partial charge in [0.05, 0.1) is 27.7 Å². The molecule has 0 atom stereocenters. The lowest BCUT2D eigenvalue weighted by atomic mass is 10.2. The molecule has 0 spiro atoms. The van der Waals surface area contributed by atoms with Gasteiger partial charge in [-0.3, -0.25) is 0 Å². The second-order valence-electron chi connectivity index (χ2n) is 4.61. The Kier molecular flexibility index (Phi) is 6.33. The summed E-state index contributed by atoms with van der Waals surface area (Å²) in [5.41, 5.74) is 2.20. The number of benzene rings is 1. The third-order valence-corrected chi connectivity index (χ3v) is 4.72.